The monoisotopic (exact) mass is 605 g/mol. The number of carbonyl (C=O) groups excluding carboxylic acids is 5. The highest BCUT2D eigenvalue weighted by Crippen LogP contribution is 2.32. The van der Waals surface area contributed by atoms with Crippen LogP contribution in [-0.2, 0) is 38.1 Å². The molecule has 0 saturated carbocycles. The zero-order chi connectivity index (χ0) is 31.8. The Morgan fingerprint density at radius 2 is 1.63 bits per heavy atom. The average Bonchev–Trinajstić information content (AvgIpc) is 2.93. The van der Waals surface area contributed by atoms with Crippen LogP contribution in [0.1, 0.15) is 37.4 Å². The van der Waals surface area contributed by atoms with Gasteiger partial charge in [-0.15, -0.1) is 0 Å². The van der Waals surface area contributed by atoms with Gasteiger partial charge in [-0.25, -0.2) is 9.59 Å². The summed E-state index contributed by atoms with van der Waals surface area (Å²) in [6, 6.07) is 4.48. The molecule has 18 heteroatoms. The van der Waals surface area contributed by atoms with E-state index in [2.05, 4.69) is 20.4 Å². The van der Waals surface area contributed by atoms with E-state index in [0.29, 0.717) is 0 Å². The molecule has 1 fully saturated rings. The van der Waals surface area contributed by atoms with Gasteiger partial charge in [0.2, 0.25) is 0 Å². The number of non-ortho nitro benzene ring substituents is 1. The Kier molecular flexibility index (Phi) is 10.5. The molecule has 0 aliphatic carbocycles. The number of carbonyl (C=O) groups is 5. The van der Waals surface area contributed by atoms with Gasteiger partial charge in [-0.2, -0.15) is 4.98 Å². The third kappa shape index (κ3) is 8.32. The smallest absolute Gasteiger partial charge is 0.407 e. The number of amides is 2. The molecule has 0 unspecified atom stereocenters. The number of nitro benzene ring substituents is 1. The minimum Gasteiger partial charge on any atom is -0.463 e. The number of nitro groups is 1. The molecule has 18 nitrogen and oxygen atoms in total. The van der Waals surface area contributed by atoms with E-state index in [0.717, 1.165) is 50.8 Å². The van der Waals surface area contributed by atoms with Crippen LogP contribution < -0.4 is 16.3 Å². The summed E-state index contributed by atoms with van der Waals surface area (Å²) >= 11 is 0. The second-order valence-corrected chi connectivity index (χ2v) is 8.94. The molecule has 5 atom stereocenters. The van der Waals surface area contributed by atoms with Crippen molar-refractivity contribution in [2.24, 2.45) is 0 Å². The van der Waals surface area contributed by atoms with E-state index in [1.165, 1.54) is 18.2 Å². The van der Waals surface area contributed by atoms with E-state index in [1.807, 2.05) is 0 Å². The SMILES string of the molecule is COC(=O)N[C@@H]1[C@@H](OC(C)=O)[C@H](OC(C)=O)[C@@H](COC(C)=O)O[C@H]1n1ccc(NC(=O)c2ccc([N+](=O)[O-])cc2)nc1=O. The Hall–Kier alpha value is -5.39. The summed E-state index contributed by atoms with van der Waals surface area (Å²) in [6.07, 6.45) is -5.57. The van der Waals surface area contributed by atoms with Gasteiger partial charge in [-0.1, -0.05) is 0 Å². The van der Waals surface area contributed by atoms with Crippen molar-refractivity contribution in [2.75, 3.05) is 19.0 Å². The highest BCUT2D eigenvalue weighted by Gasteiger charge is 2.52. The maximum absolute atomic E-state index is 13.2. The molecule has 2 aromatic rings. The lowest BCUT2D eigenvalue weighted by Gasteiger charge is -2.45. The first-order chi connectivity index (χ1) is 20.3. The van der Waals surface area contributed by atoms with Gasteiger partial charge < -0.3 is 34.3 Å². The Balaban J connectivity index is 1.99. The van der Waals surface area contributed by atoms with E-state index < -0.39 is 77.7 Å². The lowest BCUT2D eigenvalue weighted by atomic mass is 9.95. The molecule has 3 rings (SSSR count). The van der Waals surface area contributed by atoms with Crippen LogP contribution in [0.4, 0.5) is 16.3 Å². The largest absolute Gasteiger partial charge is 0.463 e. The van der Waals surface area contributed by atoms with Crippen molar-refractivity contribution < 1.29 is 52.6 Å². The zero-order valence-corrected chi connectivity index (χ0v) is 23.2. The van der Waals surface area contributed by atoms with Gasteiger partial charge in [0.25, 0.3) is 11.6 Å². The van der Waals surface area contributed by atoms with Crippen LogP contribution in [0, 0.1) is 10.1 Å². The summed E-state index contributed by atoms with van der Waals surface area (Å²) in [4.78, 5) is 87.6. The third-order valence-corrected chi connectivity index (χ3v) is 5.88. The number of methoxy groups -OCH3 is 1. The molecule has 1 aromatic heterocycles. The maximum atomic E-state index is 13.2. The number of hydrogen-bond acceptors (Lipinski definition) is 14. The first kappa shape index (κ1) is 32.1. The van der Waals surface area contributed by atoms with E-state index in [9.17, 15) is 38.9 Å². The lowest BCUT2D eigenvalue weighted by Crippen LogP contribution is -2.65. The van der Waals surface area contributed by atoms with E-state index in [4.69, 9.17) is 18.9 Å². The molecule has 43 heavy (non-hydrogen) atoms. The predicted octanol–water partition coefficient (Wildman–Crippen LogP) is 0.452. The summed E-state index contributed by atoms with van der Waals surface area (Å²) in [5, 5.41) is 15.6. The van der Waals surface area contributed by atoms with Crippen molar-refractivity contribution in [1.29, 1.82) is 0 Å². The fourth-order valence-electron chi connectivity index (χ4n) is 4.11. The minimum atomic E-state index is -1.50. The fraction of sp³-hybridized carbons (Fsp3) is 0.400. The molecule has 0 bridgehead atoms. The molecule has 0 spiro atoms. The Bertz CT molecular complexity index is 1460. The molecule has 1 aliphatic heterocycles. The number of nitrogens with zero attached hydrogens (tertiary/aromatic N) is 3. The predicted molar refractivity (Wildman–Crippen MR) is 141 cm³/mol. The number of ether oxygens (including phenoxy) is 5. The Labute approximate surface area is 242 Å². The molecular weight excluding hydrogens is 578 g/mol. The standard InChI is InChI=1S/C25H27N5O13/c1-12(31)40-11-17-20(41-13(2)32)21(42-14(3)33)19(28-25(36)39-4)23(43-17)29-10-9-18(27-24(29)35)26-22(34)15-5-7-16(8-6-15)30(37)38/h5-10,17,19-21,23H,11H2,1-4H3,(H,28,36)(H,26,27,34,35)/t17-,19-,20-,21-,23-/m1/s1. The van der Waals surface area contributed by atoms with E-state index in [1.54, 1.807) is 0 Å². The first-order valence-corrected chi connectivity index (χ1v) is 12.4. The van der Waals surface area contributed by atoms with Gasteiger partial charge in [0.15, 0.2) is 18.4 Å². The van der Waals surface area contributed by atoms with Gasteiger partial charge in [0, 0.05) is 44.7 Å². The summed E-state index contributed by atoms with van der Waals surface area (Å²) in [7, 11) is 1.05. The first-order valence-electron chi connectivity index (χ1n) is 12.4. The number of benzene rings is 1. The normalized spacial score (nSPS) is 21.1. The van der Waals surface area contributed by atoms with Crippen molar-refractivity contribution in [2.45, 2.75) is 51.4 Å². The van der Waals surface area contributed by atoms with Crippen molar-refractivity contribution >= 4 is 41.4 Å². The molecule has 1 aromatic carbocycles. The minimum absolute atomic E-state index is 0.0450. The van der Waals surface area contributed by atoms with Crippen molar-refractivity contribution in [3.8, 4) is 0 Å². The average molecular weight is 606 g/mol. The number of rotatable bonds is 9. The van der Waals surface area contributed by atoms with Gasteiger partial charge in [-0.05, 0) is 18.2 Å². The van der Waals surface area contributed by atoms with Gasteiger partial charge in [0.1, 0.15) is 24.6 Å². The number of hydrogen-bond donors (Lipinski definition) is 2. The molecule has 1 saturated heterocycles. The van der Waals surface area contributed by atoms with Gasteiger partial charge >= 0.3 is 29.7 Å². The zero-order valence-electron chi connectivity index (χ0n) is 23.2. The molecular formula is C25H27N5O13. The van der Waals surface area contributed by atoms with Gasteiger partial charge in [-0.3, -0.25) is 33.9 Å². The molecule has 0 radical (unpaired) electrons. The highest BCUT2D eigenvalue weighted by molar-refractivity contribution is 6.03. The van der Waals surface area contributed by atoms with Crippen LogP contribution in [-0.4, -0.2) is 82.5 Å². The van der Waals surface area contributed by atoms with Crippen molar-refractivity contribution in [1.82, 2.24) is 14.9 Å². The topological polar surface area (TPSA) is 234 Å². The van der Waals surface area contributed by atoms with Gasteiger partial charge in [0.05, 0.1) is 12.0 Å². The number of nitrogens with one attached hydrogen (secondary N) is 2. The number of esters is 3. The summed E-state index contributed by atoms with van der Waals surface area (Å²) in [6.45, 7) is 2.74. The molecule has 230 valence electrons. The van der Waals surface area contributed by atoms with Crippen LogP contribution in [0.2, 0.25) is 0 Å². The lowest BCUT2D eigenvalue weighted by molar-refractivity contribution is -0.384. The quantitative estimate of drug-likeness (QED) is 0.171. The number of anilines is 1. The summed E-state index contributed by atoms with van der Waals surface area (Å²) in [5.74, 6) is -3.31. The van der Waals surface area contributed by atoms with Crippen LogP contribution in [0.25, 0.3) is 0 Å². The number of aromatic nitrogens is 2. The Morgan fingerprint density at radius 1 is 1.00 bits per heavy atom. The summed E-state index contributed by atoms with van der Waals surface area (Å²) in [5.41, 5.74) is -1.19. The third-order valence-electron chi connectivity index (χ3n) is 5.88. The molecule has 2 heterocycles. The van der Waals surface area contributed by atoms with E-state index in [-0.39, 0.29) is 17.1 Å². The van der Waals surface area contributed by atoms with Crippen LogP contribution in [0.3, 0.4) is 0 Å². The Morgan fingerprint density at radius 3 is 2.16 bits per heavy atom. The molecule has 1 aliphatic rings. The van der Waals surface area contributed by atoms with Crippen LogP contribution in [0.5, 0.6) is 0 Å². The highest BCUT2D eigenvalue weighted by atomic mass is 16.6. The summed E-state index contributed by atoms with van der Waals surface area (Å²) < 4.78 is 27.3. The van der Waals surface area contributed by atoms with Crippen molar-refractivity contribution in [3.63, 3.8) is 0 Å². The molecule has 2 amide bonds. The van der Waals surface area contributed by atoms with E-state index >= 15 is 0 Å². The van der Waals surface area contributed by atoms with Crippen molar-refractivity contribution in [3.05, 3.63) is 62.7 Å². The second-order valence-electron chi connectivity index (χ2n) is 8.94. The fourth-order valence-corrected chi connectivity index (χ4v) is 4.11. The number of alkyl carbamates (subject to hydrolysis) is 1. The maximum Gasteiger partial charge on any atom is 0.407 e. The molecule has 2 N–H and O–H groups in total. The second kappa shape index (κ2) is 14.0. The van der Waals surface area contributed by atoms with Crippen LogP contribution in [0.15, 0.2) is 41.3 Å². The van der Waals surface area contributed by atoms with Crippen LogP contribution >= 0.6 is 0 Å².